The number of benzene rings is 1. The Morgan fingerprint density at radius 1 is 1.28 bits per heavy atom. The van der Waals surface area contributed by atoms with E-state index in [4.69, 9.17) is 9.47 Å². The van der Waals surface area contributed by atoms with E-state index in [1.807, 2.05) is 0 Å². The fourth-order valence-electron chi connectivity index (χ4n) is 6.24. The van der Waals surface area contributed by atoms with Gasteiger partial charge in [0.1, 0.15) is 17.6 Å². The SMILES string of the molecule is C=C1CCCC(C)(C)[C@@H]1CC[C@]1(C)c2c(O)cc3c(c2O[C@@H]1CC)C(=O)C=C(OC)C3=O. The first-order valence-electron chi connectivity index (χ1n) is 11.6. The van der Waals surface area contributed by atoms with Crippen LogP contribution >= 0.6 is 0 Å². The maximum absolute atomic E-state index is 12.9. The number of carbonyl (C=O) groups excluding carboxylic acids is 2. The zero-order valence-electron chi connectivity index (χ0n) is 19.8. The first-order valence-corrected chi connectivity index (χ1v) is 11.6. The number of allylic oxidation sites excluding steroid dienone is 3. The lowest BCUT2D eigenvalue weighted by Gasteiger charge is -2.42. The van der Waals surface area contributed by atoms with Gasteiger partial charge in [0.15, 0.2) is 11.5 Å². The Hall–Kier alpha value is -2.56. The molecular weight excluding hydrogens is 404 g/mol. The van der Waals surface area contributed by atoms with Gasteiger partial charge in [-0.15, -0.1) is 0 Å². The van der Waals surface area contributed by atoms with Gasteiger partial charge >= 0.3 is 0 Å². The molecule has 3 atom stereocenters. The smallest absolute Gasteiger partial charge is 0.228 e. The van der Waals surface area contributed by atoms with E-state index in [0.29, 0.717) is 17.2 Å². The number of phenolic OH excluding ortho intramolecular Hbond substituents is 1. The lowest BCUT2D eigenvalue weighted by Crippen LogP contribution is -2.37. The van der Waals surface area contributed by atoms with Crippen LogP contribution in [0, 0.1) is 11.3 Å². The first-order chi connectivity index (χ1) is 15.0. The molecule has 5 nitrogen and oxygen atoms in total. The second kappa shape index (κ2) is 7.79. The van der Waals surface area contributed by atoms with Crippen LogP contribution in [0.1, 0.15) is 92.5 Å². The minimum atomic E-state index is -0.467. The fraction of sp³-hybridized carbons (Fsp3) is 0.556. The molecule has 0 unspecified atom stereocenters. The number of Topliss-reactive ketones (excluding diaryl/α,β-unsaturated/α-hetero) is 1. The van der Waals surface area contributed by atoms with Crippen molar-refractivity contribution in [1.29, 1.82) is 0 Å². The number of rotatable bonds is 5. The van der Waals surface area contributed by atoms with Crippen LogP contribution in [-0.4, -0.2) is 29.9 Å². The van der Waals surface area contributed by atoms with Gasteiger partial charge in [0.25, 0.3) is 0 Å². The highest BCUT2D eigenvalue weighted by molar-refractivity contribution is 6.25. The summed E-state index contributed by atoms with van der Waals surface area (Å²) in [5.41, 5.74) is 2.07. The lowest BCUT2D eigenvalue weighted by molar-refractivity contribution is 0.0910. The number of hydrogen-bond donors (Lipinski definition) is 1. The van der Waals surface area contributed by atoms with Crippen LogP contribution in [0.5, 0.6) is 11.5 Å². The van der Waals surface area contributed by atoms with Crippen molar-refractivity contribution in [1.82, 2.24) is 0 Å². The number of ketones is 2. The van der Waals surface area contributed by atoms with E-state index in [0.717, 1.165) is 25.7 Å². The Balaban J connectivity index is 1.76. The molecule has 0 saturated heterocycles. The molecule has 1 aromatic rings. The van der Waals surface area contributed by atoms with Gasteiger partial charge in [-0.2, -0.15) is 0 Å². The highest BCUT2D eigenvalue weighted by Gasteiger charge is 2.50. The zero-order valence-corrected chi connectivity index (χ0v) is 19.8. The summed E-state index contributed by atoms with van der Waals surface area (Å²) in [5.74, 6) is 0.0232. The Morgan fingerprint density at radius 3 is 2.62 bits per heavy atom. The third kappa shape index (κ3) is 3.28. The maximum atomic E-state index is 12.9. The Kier molecular flexibility index (Phi) is 5.51. The summed E-state index contributed by atoms with van der Waals surface area (Å²) in [7, 11) is 1.36. The summed E-state index contributed by atoms with van der Waals surface area (Å²) in [5, 5.41) is 11.1. The Bertz CT molecular complexity index is 1030. The number of phenols is 1. The van der Waals surface area contributed by atoms with Crippen molar-refractivity contribution < 1.29 is 24.2 Å². The van der Waals surface area contributed by atoms with Gasteiger partial charge in [-0.05, 0) is 55.9 Å². The number of ether oxygens (including phenoxy) is 2. The van der Waals surface area contributed by atoms with Crippen LogP contribution < -0.4 is 4.74 Å². The van der Waals surface area contributed by atoms with Crippen LogP contribution in [0.4, 0.5) is 0 Å². The summed E-state index contributed by atoms with van der Waals surface area (Å²) in [6.45, 7) is 13.2. The van der Waals surface area contributed by atoms with Crippen molar-refractivity contribution in [2.45, 2.75) is 77.7 Å². The van der Waals surface area contributed by atoms with Crippen molar-refractivity contribution in [2.75, 3.05) is 7.11 Å². The minimum absolute atomic E-state index is 0.0115. The topological polar surface area (TPSA) is 72.8 Å². The number of fused-ring (bicyclic) bond motifs is 3. The average Bonchev–Trinajstić information content (AvgIpc) is 3.02. The van der Waals surface area contributed by atoms with Gasteiger partial charge in [0.2, 0.25) is 5.78 Å². The summed E-state index contributed by atoms with van der Waals surface area (Å²) in [4.78, 5) is 25.7. The first kappa shape index (κ1) is 22.6. The molecule has 1 saturated carbocycles. The number of hydrogen-bond acceptors (Lipinski definition) is 5. The standard InChI is InChI=1S/C27H34O5/c1-7-21-27(5,12-10-17-15(2)9-8-11-26(17,3)4)23-19(29)13-16-22(25(23)32-21)18(28)14-20(31-6)24(16)30/h13-14,17,21,29H,2,7-12H2,1,3-6H3/t17-,21-,27+/m1/s1. The number of methoxy groups -OCH3 is 1. The molecule has 172 valence electrons. The van der Waals surface area contributed by atoms with Gasteiger partial charge in [-0.3, -0.25) is 9.59 Å². The van der Waals surface area contributed by atoms with Gasteiger partial charge in [-0.25, -0.2) is 0 Å². The number of carbonyl (C=O) groups is 2. The third-order valence-electron chi connectivity index (χ3n) is 8.08. The van der Waals surface area contributed by atoms with E-state index in [1.165, 1.54) is 37.7 Å². The van der Waals surface area contributed by atoms with Gasteiger partial charge in [0, 0.05) is 22.6 Å². The van der Waals surface area contributed by atoms with Crippen molar-refractivity contribution >= 4 is 11.6 Å². The fourth-order valence-corrected chi connectivity index (χ4v) is 6.24. The van der Waals surface area contributed by atoms with Gasteiger partial charge in [0.05, 0.1) is 12.7 Å². The van der Waals surface area contributed by atoms with Gasteiger partial charge in [-0.1, -0.05) is 39.8 Å². The molecule has 32 heavy (non-hydrogen) atoms. The molecule has 4 rings (SSSR count). The lowest BCUT2D eigenvalue weighted by atomic mass is 9.62. The van der Waals surface area contributed by atoms with Crippen molar-refractivity contribution in [2.24, 2.45) is 11.3 Å². The summed E-state index contributed by atoms with van der Waals surface area (Å²) >= 11 is 0. The molecule has 0 amide bonds. The van der Waals surface area contributed by atoms with Crippen LogP contribution in [0.3, 0.4) is 0 Å². The van der Waals surface area contributed by atoms with Crippen LogP contribution in [0.15, 0.2) is 30.1 Å². The number of aromatic hydroxyl groups is 1. The predicted molar refractivity (Wildman–Crippen MR) is 123 cm³/mol. The molecule has 1 aliphatic heterocycles. The molecule has 2 aliphatic carbocycles. The molecule has 0 bridgehead atoms. The van der Waals surface area contributed by atoms with E-state index in [-0.39, 0.29) is 39.9 Å². The monoisotopic (exact) mass is 438 g/mol. The maximum Gasteiger partial charge on any atom is 0.228 e. The average molecular weight is 439 g/mol. The molecule has 5 heteroatoms. The molecule has 1 N–H and O–H groups in total. The van der Waals surface area contributed by atoms with Crippen LogP contribution in [0.2, 0.25) is 0 Å². The predicted octanol–water partition coefficient (Wildman–Crippen LogP) is 5.89. The molecule has 3 aliphatic rings. The van der Waals surface area contributed by atoms with Crippen LogP contribution in [-0.2, 0) is 10.2 Å². The Morgan fingerprint density at radius 2 is 2.00 bits per heavy atom. The van der Waals surface area contributed by atoms with Crippen molar-refractivity contribution in [3.63, 3.8) is 0 Å². The highest BCUT2D eigenvalue weighted by Crippen LogP contribution is 2.56. The summed E-state index contributed by atoms with van der Waals surface area (Å²) in [6, 6.07) is 1.42. The van der Waals surface area contributed by atoms with E-state index in [9.17, 15) is 14.7 Å². The quantitative estimate of drug-likeness (QED) is 0.580. The minimum Gasteiger partial charge on any atom is -0.507 e. The zero-order chi connectivity index (χ0) is 23.4. The normalized spacial score (nSPS) is 28.7. The molecule has 0 radical (unpaired) electrons. The van der Waals surface area contributed by atoms with E-state index >= 15 is 0 Å². The van der Waals surface area contributed by atoms with Gasteiger partial charge < -0.3 is 14.6 Å². The molecule has 1 fully saturated rings. The molecule has 0 aromatic heterocycles. The highest BCUT2D eigenvalue weighted by atomic mass is 16.5. The summed E-state index contributed by atoms with van der Waals surface area (Å²) < 4.78 is 11.4. The van der Waals surface area contributed by atoms with E-state index in [1.54, 1.807) is 0 Å². The third-order valence-corrected chi connectivity index (χ3v) is 8.08. The largest absolute Gasteiger partial charge is 0.507 e. The second-order valence-electron chi connectivity index (χ2n) is 10.5. The molecule has 1 aromatic carbocycles. The van der Waals surface area contributed by atoms with Crippen molar-refractivity contribution in [3.8, 4) is 11.5 Å². The van der Waals surface area contributed by atoms with Crippen LogP contribution in [0.25, 0.3) is 0 Å². The molecular formula is C27H34O5. The molecule has 0 spiro atoms. The van der Waals surface area contributed by atoms with E-state index < -0.39 is 11.2 Å². The van der Waals surface area contributed by atoms with Crippen molar-refractivity contribution in [3.05, 3.63) is 46.7 Å². The molecule has 1 heterocycles. The Labute approximate surface area is 190 Å². The summed E-state index contributed by atoms with van der Waals surface area (Å²) in [6.07, 6.45) is 6.94. The van der Waals surface area contributed by atoms with E-state index in [2.05, 4.69) is 34.3 Å². The second-order valence-corrected chi connectivity index (χ2v) is 10.5.